The number of nitrogens with one attached hydrogen (secondary N) is 2. The lowest BCUT2D eigenvalue weighted by atomic mass is 9.93. The second kappa shape index (κ2) is 10.6. The number of halogens is 3. The summed E-state index contributed by atoms with van der Waals surface area (Å²) in [6, 6.07) is 7.28. The van der Waals surface area contributed by atoms with Gasteiger partial charge >= 0.3 is 0 Å². The fourth-order valence-corrected chi connectivity index (χ4v) is 4.38. The van der Waals surface area contributed by atoms with Crippen molar-refractivity contribution in [1.82, 2.24) is 36.0 Å². The van der Waals surface area contributed by atoms with E-state index in [1.165, 1.54) is 43.2 Å². The van der Waals surface area contributed by atoms with Gasteiger partial charge in [-0.1, -0.05) is 23.7 Å². The zero-order valence-corrected chi connectivity index (χ0v) is 22.1. The van der Waals surface area contributed by atoms with E-state index >= 15 is 4.39 Å². The van der Waals surface area contributed by atoms with Crippen LogP contribution in [-0.4, -0.2) is 63.0 Å². The number of ether oxygens (including phenoxy) is 2. The van der Waals surface area contributed by atoms with E-state index in [1.54, 1.807) is 13.0 Å². The summed E-state index contributed by atoms with van der Waals surface area (Å²) >= 11 is 6.09. The molecule has 0 spiro atoms. The van der Waals surface area contributed by atoms with Gasteiger partial charge in [0.2, 0.25) is 11.6 Å². The van der Waals surface area contributed by atoms with Crippen molar-refractivity contribution in [2.24, 2.45) is 7.05 Å². The van der Waals surface area contributed by atoms with Crippen LogP contribution in [0.1, 0.15) is 29.1 Å². The summed E-state index contributed by atoms with van der Waals surface area (Å²) in [7, 11) is 2.90. The van der Waals surface area contributed by atoms with E-state index < -0.39 is 35.0 Å². The molecule has 2 amide bonds. The minimum absolute atomic E-state index is 0.00983. The van der Waals surface area contributed by atoms with Crippen LogP contribution in [0, 0.1) is 11.6 Å². The smallest absolute Gasteiger partial charge is 0.291 e. The fourth-order valence-electron chi connectivity index (χ4n) is 4.18. The fraction of sp³-hybridized carbons (Fsp3) is 0.280. The Morgan fingerprint density at radius 1 is 1.18 bits per heavy atom. The molecule has 40 heavy (non-hydrogen) atoms. The highest BCUT2D eigenvalue weighted by Crippen LogP contribution is 2.36. The largest absolute Gasteiger partial charge is 0.479 e. The molecular formula is C25H22ClF2N7O5. The molecule has 0 saturated carbocycles. The predicted molar refractivity (Wildman–Crippen MR) is 135 cm³/mol. The summed E-state index contributed by atoms with van der Waals surface area (Å²) in [6.07, 6.45) is 0. The summed E-state index contributed by atoms with van der Waals surface area (Å²) in [4.78, 5) is 26.9. The van der Waals surface area contributed by atoms with Gasteiger partial charge in [0.1, 0.15) is 11.6 Å². The molecule has 208 valence electrons. The van der Waals surface area contributed by atoms with Crippen LogP contribution in [0.5, 0.6) is 5.88 Å². The molecule has 15 heteroatoms. The van der Waals surface area contributed by atoms with E-state index in [0.717, 1.165) is 6.07 Å². The lowest BCUT2D eigenvalue weighted by Crippen LogP contribution is -2.70. The van der Waals surface area contributed by atoms with Gasteiger partial charge in [0.15, 0.2) is 5.54 Å². The number of tetrazole rings is 1. The van der Waals surface area contributed by atoms with Gasteiger partial charge in [-0.25, -0.2) is 8.78 Å². The number of hydrogen-bond acceptors (Lipinski definition) is 9. The third-order valence-corrected chi connectivity index (χ3v) is 6.54. The number of aromatic nitrogens is 5. The highest BCUT2D eigenvalue weighted by molar-refractivity contribution is 6.31. The van der Waals surface area contributed by atoms with Crippen LogP contribution < -0.4 is 15.4 Å². The molecule has 3 heterocycles. The molecule has 2 aromatic carbocycles. The van der Waals surface area contributed by atoms with Gasteiger partial charge in [-0.3, -0.25) is 9.59 Å². The van der Waals surface area contributed by atoms with E-state index in [1.807, 2.05) is 0 Å². The Balaban J connectivity index is 1.36. The number of carbonyl (C=O) groups is 2. The Labute approximate surface area is 230 Å². The second-order valence-electron chi connectivity index (χ2n) is 9.11. The van der Waals surface area contributed by atoms with Gasteiger partial charge in [-0.2, -0.15) is 4.80 Å². The standard InChI is InChI=1S/C25H22ClF2N7O5/c1-12(29-24(37)25(10-39-11-25)30-23(36)19-9-20(38-3)33-40-19)15-5-4-13(6-17(15)27)16-7-14(26)8-18(28)21(16)22-31-34-35(2)32-22/h4-9,12H,10-11H2,1-3H3,(H,29,37)(H,30,36)/t12-/m1/s1. The summed E-state index contributed by atoms with van der Waals surface area (Å²) in [5.74, 6) is -2.68. The SMILES string of the molecule is COc1cc(C(=O)NC2(C(=O)N[C@H](C)c3ccc(-c4cc(Cl)cc(F)c4-c4nnn(C)n4)cc3F)COC2)on1. The van der Waals surface area contributed by atoms with Crippen molar-refractivity contribution in [2.75, 3.05) is 20.3 Å². The Hall–Kier alpha value is -4.43. The van der Waals surface area contributed by atoms with Crippen molar-refractivity contribution >= 4 is 23.4 Å². The van der Waals surface area contributed by atoms with Gasteiger partial charge < -0.3 is 24.6 Å². The zero-order chi connectivity index (χ0) is 28.6. The maximum absolute atomic E-state index is 15.4. The molecular weight excluding hydrogens is 552 g/mol. The van der Waals surface area contributed by atoms with Crippen molar-refractivity contribution in [3.63, 3.8) is 0 Å². The van der Waals surface area contributed by atoms with Crippen molar-refractivity contribution in [1.29, 1.82) is 0 Å². The Morgan fingerprint density at radius 2 is 1.95 bits per heavy atom. The van der Waals surface area contributed by atoms with Crippen LogP contribution in [0.15, 0.2) is 40.9 Å². The average molecular weight is 574 g/mol. The van der Waals surface area contributed by atoms with Gasteiger partial charge in [-0.15, -0.1) is 10.2 Å². The molecule has 1 fully saturated rings. The van der Waals surface area contributed by atoms with E-state index in [0.29, 0.717) is 5.56 Å². The van der Waals surface area contributed by atoms with E-state index in [-0.39, 0.29) is 52.4 Å². The van der Waals surface area contributed by atoms with Crippen molar-refractivity contribution < 1.29 is 32.4 Å². The number of rotatable bonds is 8. The lowest BCUT2D eigenvalue weighted by Gasteiger charge is -2.40. The molecule has 0 aliphatic carbocycles. The monoisotopic (exact) mass is 573 g/mol. The summed E-state index contributed by atoms with van der Waals surface area (Å²) < 4.78 is 45.3. The first-order valence-corrected chi connectivity index (χ1v) is 12.2. The Kier molecular flexibility index (Phi) is 7.21. The summed E-state index contributed by atoms with van der Waals surface area (Å²) in [5.41, 5.74) is -0.656. The van der Waals surface area contributed by atoms with Crippen molar-refractivity contribution in [3.05, 3.63) is 64.4 Å². The number of hydrogen-bond donors (Lipinski definition) is 2. The molecule has 1 aliphatic rings. The topological polar surface area (TPSA) is 146 Å². The molecule has 12 nitrogen and oxygen atoms in total. The van der Waals surface area contributed by atoms with Crippen LogP contribution >= 0.6 is 11.6 Å². The minimum Gasteiger partial charge on any atom is -0.479 e. The zero-order valence-electron chi connectivity index (χ0n) is 21.4. The van der Waals surface area contributed by atoms with Gasteiger partial charge in [0, 0.05) is 10.6 Å². The molecule has 2 aromatic heterocycles. The maximum atomic E-state index is 15.4. The number of carbonyl (C=O) groups excluding carboxylic acids is 2. The van der Waals surface area contributed by atoms with Crippen LogP contribution in [0.3, 0.4) is 0 Å². The number of benzene rings is 2. The molecule has 0 bridgehead atoms. The van der Waals surface area contributed by atoms with Crippen molar-refractivity contribution in [2.45, 2.75) is 18.5 Å². The highest BCUT2D eigenvalue weighted by atomic mass is 35.5. The normalized spacial score (nSPS) is 14.8. The van der Waals surface area contributed by atoms with E-state index in [4.69, 9.17) is 25.6 Å². The number of aryl methyl sites for hydroxylation is 1. The first kappa shape index (κ1) is 27.1. The second-order valence-corrected chi connectivity index (χ2v) is 9.54. The molecule has 1 aliphatic heterocycles. The molecule has 0 unspecified atom stereocenters. The quantitative estimate of drug-likeness (QED) is 0.325. The molecule has 0 radical (unpaired) electrons. The molecule has 2 N–H and O–H groups in total. The van der Waals surface area contributed by atoms with Gasteiger partial charge in [0.25, 0.3) is 17.7 Å². The van der Waals surface area contributed by atoms with Gasteiger partial charge in [0.05, 0.1) is 45.0 Å². The van der Waals surface area contributed by atoms with Gasteiger partial charge in [-0.05, 0) is 46.6 Å². The Bertz CT molecular complexity index is 1600. The van der Waals surface area contributed by atoms with Crippen LogP contribution in [-0.2, 0) is 16.6 Å². The third-order valence-electron chi connectivity index (χ3n) is 6.32. The first-order valence-electron chi connectivity index (χ1n) is 11.9. The average Bonchev–Trinajstić information content (AvgIpc) is 3.54. The van der Waals surface area contributed by atoms with Crippen molar-refractivity contribution in [3.8, 4) is 28.4 Å². The van der Waals surface area contributed by atoms with E-state index in [9.17, 15) is 14.0 Å². The third kappa shape index (κ3) is 5.10. The lowest BCUT2D eigenvalue weighted by molar-refractivity contribution is -0.147. The highest BCUT2D eigenvalue weighted by Gasteiger charge is 2.48. The number of methoxy groups -OCH3 is 1. The Morgan fingerprint density at radius 3 is 2.55 bits per heavy atom. The van der Waals surface area contributed by atoms with Crippen LogP contribution in [0.25, 0.3) is 22.5 Å². The van der Waals surface area contributed by atoms with Crippen LogP contribution in [0.4, 0.5) is 8.78 Å². The minimum atomic E-state index is -1.39. The first-order chi connectivity index (χ1) is 19.1. The summed E-state index contributed by atoms with van der Waals surface area (Å²) in [5, 5.41) is 20.6. The van der Waals surface area contributed by atoms with E-state index in [2.05, 4.69) is 31.2 Å². The number of nitrogens with zero attached hydrogens (tertiary/aromatic N) is 5. The molecule has 4 aromatic rings. The summed E-state index contributed by atoms with van der Waals surface area (Å²) in [6.45, 7) is 1.40. The molecule has 1 saturated heterocycles. The maximum Gasteiger partial charge on any atom is 0.291 e. The van der Waals surface area contributed by atoms with Crippen LogP contribution in [0.2, 0.25) is 5.02 Å². The number of amides is 2. The predicted octanol–water partition coefficient (Wildman–Crippen LogP) is 2.85. The molecule has 5 rings (SSSR count). The molecule has 1 atom stereocenters.